The smallest absolute Gasteiger partial charge is 0.784 e. The number of halogens is 1. The van der Waals surface area contributed by atoms with Crippen molar-refractivity contribution in [1.82, 2.24) is 5.06 Å². The number of hydrogen-bond acceptors (Lipinski definition) is 2. The minimum absolute atomic E-state index is 0. The SMILES string of the molecule is Br.CC1(C)CCCC(C)(C)N1[O-].[Na+]. The molecule has 0 aliphatic carbocycles. The molecule has 0 amide bonds. The van der Waals surface area contributed by atoms with Crippen LogP contribution in [0.4, 0.5) is 0 Å². The number of rotatable bonds is 0. The maximum Gasteiger partial charge on any atom is 1.00 e. The normalized spacial score (nSPS) is 25.6. The maximum absolute atomic E-state index is 11.7. The zero-order valence-electron chi connectivity index (χ0n) is 9.39. The van der Waals surface area contributed by atoms with Gasteiger partial charge in [0.15, 0.2) is 0 Å². The minimum atomic E-state index is -0.151. The molecule has 74 valence electrons. The van der Waals surface area contributed by atoms with Gasteiger partial charge in [-0.1, -0.05) is 0 Å². The molecule has 0 bridgehead atoms. The quantitative estimate of drug-likeness (QED) is 0.578. The van der Waals surface area contributed by atoms with Crippen molar-refractivity contribution in [3.05, 3.63) is 5.21 Å². The molecular formula is C9H19BrNNaO. The predicted molar refractivity (Wildman–Crippen MR) is 57.5 cm³/mol. The molecule has 0 radical (unpaired) electrons. The summed E-state index contributed by atoms with van der Waals surface area (Å²) in [6.45, 7) is 8.11. The summed E-state index contributed by atoms with van der Waals surface area (Å²) in [7, 11) is 0. The van der Waals surface area contributed by atoms with Gasteiger partial charge in [-0.25, -0.2) is 0 Å². The number of piperidine rings is 1. The molecule has 0 atom stereocenters. The fourth-order valence-electron chi connectivity index (χ4n) is 1.98. The van der Waals surface area contributed by atoms with Crippen LogP contribution < -0.4 is 29.6 Å². The van der Waals surface area contributed by atoms with Gasteiger partial charge in [-0.05, 0) is 47.0 Å². The van der Waals surface area contributed by atoms with Crippen LogP contribution in [0.1, 0.15) is 47.0 Å². The molecule has 0 aromatic heterocycles. The minimum Gasteiger partial charge on any atom is -0.784 e. The zero-order valence-corrected chi connectivity index (χ0v) is 13.1. The molecule has 2 nitrogen and oxygen atoms in total. The molecule has 0 aromatic carbocycles. The van der Waals surface area contributed by atoms with Crippen molar-refractivity contribution in [3.63, 3.8) is 0 Å². The van der Waals surface area contributed by atoms with Crippen LogP contribution >= 0.6 is 17.0 Å². The first-order valence-corrected chi connectivity index (χ1v) is 4.34. The summed E-state index contributed by atoms with van der Waals surface area (Å²) in [5.41, 5.74) is -0.302. The van der Waals surface area contributed by atoms with E-state index < -0.39 is 0 Å². The van der Waals surface area contributed by atoms with Gasteiger partial charge in [0, 0.05) is 11.1 Å². The summed E-state index contributed by atoms with van der Waals surface area (Å²) in [5.74, 6) is 0. The standard InChI is InChI=1S/C9H18NO.BrH.Na/c1-8(2)6-5-7-9(3,4)10(8)11;;/h5-7H2,1-4H3;1H;/q-1;;+1. The van der Waals surface area contributed by atoms with Crippen molar-refractivity contribution in [2.45, 2.75) is 58.0 Å². The second kappa shape index (κ2) is 5.47. The molecule has 13 heavy (non-hydrogen) atoms. The Morgan fingerprint density at radius 2 is 1.31 bits per heavy atom. The van der Waals surface area contributed by atoms with Crippen molar-refractivity contribution < 1.29 is 29.6 Å². The van der Waals surface area contributed by atoms with E-state index in [0.717, 1.165) is 12.8 Å². The maximum atomic E-state index is 11.7. The fraction of sp³-hybridized carbons (Fsp3) is 1.00. The topological polar surface area (TPSA) is 26.3 Å². The van der Waals surface area contributed by atoms with Crippen LogP contribution in [-0.2, 0) is 0 Å². The zero-order chi connectivity index (χ0) is 8.70. The van der Waals surface area contributed by atoms with Crippen LogP contribution in [-0.4, -0.2) is 16.1 Å². The van der Waals surface area contributed by atoms with Gasteiger partial charge < -0.3 is 10.3 Å². The molecule has 0 saturated carbocycles. The van der Waals surface area contributed by atoms with Gasteiger partial charge in [-0.2, -0.15) is 0 Å². The van der Waals surface area contributed by atoms with Crippen LogP contribution in [0.25, 0.3) is 0 Å². The first kappa shape index (κ1) is 16.8. The van der Waals surface area contributed by atoms with Crippen LogP contribution in [0.15, 0.2) is 0 Å². The molecule has 1 aliphatic rings. The van der Waals surface area contributed by atoms with Gasteiger partial charge in [-0.3, -0.25) is 0 Å². The summed E-state index contributed by atoms with van der Waals surface area (Å²) in [5, 5.41) is 13.0. The molecular weight excluding hydrogens is 241 g/mol. The van der Waals surface area contributed by atoms with Crippen molar-refractivity contribution in [3.8, 4) is 0 Å². The summed E-state index contributed by atoms with van der Waals surface area (Å²) >= 11 is 0. The average molecular weight is 260 g/mol. The van der Waals surface area contributed by atoms with Crippen molar-refractivity contribution >= 4 is 17.0 Å². The van der Waals surface area contributed by atoms with E-state index in [1.54, 1.807) is 0 Å². The monoisotopic (exact) mass is 259 g/mol. The van der Waals surface area contributed by atoms with Crippen molar-refractivity contribution in [2.75, 3.05) is 0 Å². The molecule has 0 unspecified atom stereocenters. The second-order valence-corrected chi connectivity index (χ2v) is 4.77. The second-order valence-electron chi connectivity index (χ2n) is 4.77. The van der Waals surface area contributed by atoms with E-state index in [-0.39, 0.29) is 57.6 Å². The molecule has 4 heteroatoms. The Morgan fingerprint density at radius 3 is 1.54 bits per heavy atom. The Bertz CT molecular complexity index is 146. The van der Waals surface area contributed by atoms with Crippen molar-refractivity contribution in [1.29, 1.82) is 0 Å². The van der Waals surface area contributed by atoms with Gasteiger partial charge >= 0.3 is 29.6 Å². The summed E-state index contributed by atoms with van der Waals surface area (Å²) < 4.78 is 0. The molecule has 0 aromatic rings. The van der Waals surface area contributed by atoms with Gasteiger partial charge in [0.05, 0.1) is 0 Å². The van der Waals surface area contributed by atoms with E-state index in [2.05, 4.69) is 0 Å². The first-order chi connectivity index (χ1) is 4.86. The Labute approximate surface area is 114 Å². The van der Waals surface area contributed by atoms with E-state index in [1.807, 2.05) is 27.7 Å². The Hall–Kier alpha value is 1.40. The van der Waals surface area contributed by atoms with E-state index in [1.165, 1.54) is 11.5 Å². The third kappa shape index (κ3) is 3.80. The summed E-state index contributed by atoms with van der Waals surface area (Å²) in [4.78, 5) is 0. The molecule has 0 N–H and O–H groups in total. The molecule has 0 spiro atoms. The number of hydroxylamine groups is 2. The molecule has 1 fully saturated rings. The third-order valence-corrected chi connectivity index (χ3v) is 2.68. The third-order valence-electron chi connectivity index (χ3n) is 2.68. The Kier molecular flexibility index (Phi) is 7.08. The summed E-state index contributed by atoms with van der Waals surface area (Å²) in [6.07, 6.45) is 3.23. The average Bonchev–Trinajstić information content (AvgIpc) is 1.82. The fourth-order valence-corrected chi connectivity index (χ4v) is 1.98. The van der Waals surface area contributed by atoms with Gasteiger partial charge in [-0.15, -0.1) is 17.0 Å². The molecule has 1 rings (SSSR count). The first-order valence-electron chi connectivity index (χ1n) is 4.34. The number of hydrogen-bond donors (Lipinski definition) is 0. The largest absolute Gasteiger partial charge is 1.00 e. The van der Waals surface area contributed by atoms with E-state index >= 15 is 0 Å². The van der Waals surface area contributed by atoms with Crippen LogP contribution in [0, 0.1) is 5.21 Å². The molecule has 1 aliphatic heterocycles. The van der Waals surface area contributed by atoms with E-state index in [0.29, 0.717) is 0 Å². The van der Waals surface area contributed by atoms with Gasteiger partial charge in [0.25, 0.3) is 0 Å². The Balaban J connectivity index is 0. The van der Waals surface area contributed by atoms with E-state index in [9.17, 15) is 5.21 Å². The van der Waals surface area contributed by atoms with Gasteiger partial charge in [0.1, 0.15) is 0 Å². The van der Waals surface area contributed by atoms with Gasteiger partial charge in [0.2, 0.25) is 0 Å². The number of nitrogens with zero attached hydrogens (tertiary/aromatic N) is 1. The predicted octanol–water partition coefficient (Wildman–Crippen LogP) is 0.109. The van der Waals surface area contributed by atoms with Crippen LogP contribution in [0.5, 0.6) is 0 Å². The van der Waals surface area contributed by atoms with E-state index in [4.69, 9.17) is 0 Å². The summed E-state index contributed by atoms with van der Waals surface area (Å²) in [6, 6.07) is 0. The van der Waals surface area contributed by atoms with Crippen molar-refractivity contribution in [2.24, 2.45) is 0 Å². The molecule has 1 heterocycles. The van der Waals surface area contributed by atoms with Crippen LogP contribution in [0.3, 0.4) is 0 Å². The van der Waals surface area contributed by atoms with Crippen LogP contribution in [0.2, 0.25) is 0 Å². The Morgan fingerprint density at radius 1 is 1.00 bits per heavy atom. The molecule has 1 saturated heterocycles.